The quantitative estimate of drug-likeness (QED) is 0.619. The highest BCUT2D eigenvalue weighted by Gasteiger charge is 2.29. The van der Waals surface area contributed by atoms with E-state index in [4.69, 9.17) is 5.26 Å². The van der Waals surface area contributed by atoms with Gasteiger partial charge in [0.25, 0.3) is 0 Å². The molecule has 0 N–H and O–H groups in total. The molecular formula is C11H20N2. The number of hydrogen-bond donors (Lipinski definition) is 0. The third kappa shape index (κ3) is 2.70. The van der Waals surface area contributed by atoms with E-state index in [1.54, 1.807) is 0 Å². The first kappa shape index (κ1) is 10.5. The predicted molar refractivity (Wildman–Crippen MR) is 54.3 cm³/mol. The normalized spacial score (nSPS) is 31.3. The monoisotopic (exact) mass is 180 g/mol. The summed E-state index contributed by atoms with van der Waals surface area (Å²) >= 11 is 0. The van der Waals surface area contributed by atoms with Crippen molar-refractivity contribution in [3.05, 3.63) is 0 Å². The summed E-state index contributed by atoms with van der Waals surface area (Å²) in [6.07, 6.45) is 3.51. The number of likely N-dealkylation sites (tertiary alicyclic amines) is 1. The third-order valence-corrected chi connectivity index (χ3v) is 2.98. The molecule has 1 atom stereocenters. The number of nitriles is 1. The fraction of sp³-hybridized carbons (Fsp3) is 0.909. The maximum atomic E-state index is 9.10. The van der Waals surface area contributed by atoms with Crippen LogP contribution in [0.1, 0.15) is 40.0 Å². The van der Waals surface area contributed by atoms with Gasteiger partial charge in [0.05, 0.1) is 11.5 Å². The zero-order valence-corrected chi connectivity index (χ0v) is 9.01. The van der Waals surface area contributed by atoms with Crippen molar-refractivity contribution in [2.24, 2.45) is 5.41 Å². The molecule has 2 heteroatoms. The molecule has 1 unspecified atom stereocenters. The first-order valence-electron chi connectivity index (χ1n) is 5.23. The summed E-state index contributed by atoms with van der Waals surface area (Å²) in [5.41, 5.74) is -0.110. The highest BCUT2D eigenvalue weighted by molar-refractivity contribution is 4.99. The van der Waals surface area contributed by atoms with Gasteiger partial charge in [0.2, 0.25) is 0 Å². The molecular weight excluding hydrogens is 160 g/mol. The van der Waals surface area contributed by atoms with Crippen molar-refractivity contribution in [1.82, 2.24) is 4.90 Å². The Morgan fingerprint density at radius 3 is 2.62 bits per heavy atom. The minimum absolute atomic E-state index is 0.110. The van der Waals surface area contributed by atoms with Crippen LogP contribution in [-0.2, 0) is 0 Å². The van der Waals surface area contributed by atoms with E-state index in [9.17, 15) is 0 Å². The smallest absolute Gasteiger partial charge is 0.0700 e. The van der Waals surface area contributed by atoms with Crippen LogP contribution in [-0.4, -0.2) is 24.0 Å². The Kier molecular flexibility index (Phi) is 3.33. The van der Waals surface area contributed by atoms with Crippen LogP contribution < -0.4 is 0 Å². The molecule has 0 saturated carbocycles. The molecule has 1 aliphatic rings. The van der Waals surface area contributed by atoms with E-state index in [0.717, 1.165) is 19.5 Å². The molecule has 0 aliphatic carbocycles. The van der Waals surface area contributed by atoms with Crippen LogP contribution in [0.25, 0.3) is 0 Å². The summed E-state index contributed by atoms with van der Waals surface area (Å²) in [5.74, 6) is 0. The Bertz CT molecular complexity index is 205. The third-order valence-electron chi connectivity index (χ3n) is 2.98. The molecule has 0 radical (unpaired) electrons. The Hall–Kier alpha value is -0.550. The largest absolute Gasteiger partial charge is 0.299 e. The summed E-state index contributed by atoms with van der Waals surface area (Å²) in [5, 5.41) is 9.10. The average molecular weight is 180 g/mol. The van der Waals surface area contributed by atoms with Gasteiger partial charge in [-0.1, -0.05) is 6.42 Å². The number of rotatable bonds is 1. The molecule has 0 aromatic rings. The second kappa shape index (κ2) is 4.11. The molecule has 13 heavy (non-hydrogen) atoms. The van der Waals surface area contributed by atoms with E-state index in [1.165, 1.54) is 12.8 Å². The van der Waals surface area contributed by atoms with Gasteiger partial charge in [-0.3, -0.25) is 4.90 Å². The predicted octanol–water partition coefficient (Wildman–Crippen LogP) is 2.41. The van der Waals surface area contributed by atoms with Crippen molar-refractivity contribution in [3.8, 4) is 6.07 Å². The van der Waals surface area contributed by atoms with Crippen molar-refractivity contribution in [3.63, 3.8) is 0 Å². The van der Waals surface area contributed by atoms with E-state index < -0.39 is 0 Å². The van der Waals surface area contributed by atoms with Crippen LogP contribution in [0.3, 0.4) is 0 Å². The van der Waals surface area contributed by atoms with Gasteiger partial charge in [0.15, 0.2) is 0 Å². The Balaban J connectivity index is 2.66. The highest BCUT2D eigenvalue weighted by Crippen LogP contribution is 2.28. The minimum atomic E-state index is -0.110. The van der Waals surface area contributed by atoms with Gasteiger partial charge in [-0.25, -0.2) is 0 Å². The lowest BCUT2D eigenvalue weighted by molar-refractivity contribution is 0.181. The van der Waals surface area contributed by atoms with Gasteiger partial charge >= 0.3 is 0 Å². The van der Waals surface area contributed by atoms with Crippen LogP contribution in [0.5, 0.6) is 0 Å². The van der Waals surface area contributed by atoms with E-state index in [2.05, 4.69) is 31.7 Å². The maximum Gasteiger partial charge on any atom is 0.0700 e. The molecule has 1 rings (SSSR count). The summed E-state index contributed by atoms with van der Waals surface area (Å²) < 4.78 is 0. The molecule has 2 nitrogen and oxygen atoms in total. The Labute approximate surface area is 81.5 Å². The van der Waals surface area contributed by atoms with E-state index in [-0.39, 0.29) is 5.41 Å². The van der Waals surface area contributed by atoms with E-state index in [1.807, 2.05) is 0 Å². The Morgan fingerprint density at radius 2 is 2.08 bits per heavy atom. The van der Waals surface area contributed by atoms with Gasteiger partial charge in [-0.2, -0.15) is 5.26 Å². The standard InChI is InChI=1S/C11H20N2/c1-10(2)13-7-5-4-6-11(3,8-12)9-13/h10H,4-7,9H2,1-3H3. The fourth-order valence-electron chi connectivity index (χ4n) is 1.97. The van der Waals surface area contributed by atoms with E-state index >= 15 is 0 Å². The molecule has 0 spiro atoms. The van der Waals surface area contributed by atoms with Crippen molar-refractivity contribution in [2.75, 3.05) is 13.1 Å². The topological polar surface area (TPSA) is 27.0 Å². The molecule has 1 aliphatic heterocycles. The van der Waals surface area contributed by atoms with Gasteiger partial charge in [-0.15, -0.1) is 0 Å². The minimum Gasteiger partial charge on any atom is -0.299 e. The first-order chi connectivity index (χ1) is 6.07. The van der Waals surface area contributed by atoms with E-state index in [0.29, 0.717) is 6.04 Å². The van der Waals surface area contributed by atoms with Crippen molar-refractivity contribution >= 4 is 0 Å². The van der Waals surface area contributed by atoms with Crippen molar-refractivity contribution in [2.45, 2.75) is 46.1 Å². The summed E-state index contributed by atoms with van der Waals surface area (Å²) in [4.78, 5) is 2.43. The second-order valence-corrected chi connectivity index (χ2v) is 4.69. The Morgan fingerprint density at radius 1 is 1.38 bits per heavy atom. The van der Waals surface area contributed by atoms with Crippen LogP contribution in [0, 0.1) is 16.7 Å². The van der Waals surface area contributed by atoms with Gasteiger partial charge < -0.3 is 0 Å². The molecule has 0 bridgehead atoms. The molecule has 1 heterocycles. The van der Waals surface area contributed by atoms with Crippen LogP contribution in [0.2, 0.25) is 0 Å². The molecule has 1 fully saturated rings. The lowest BCUT2D eigenvalue weighted by Gasteiger charge is -2.30. The zero-order valence-electron chi connectivity index (χ0n) is 9.01. The van der Waals surface area contributed by atoms with Crippen LogP contribution in [0.15, 0.2) is 0 Å². The lowest BCUT2D eigenvalue weighted by Crippen LogP contribution is -2.38. The summed E-state index contributed by atoms with van der Waals surface area (Å²) in [6, 6.07) is 3.04. The van der Waals surface area contributed by atoms with Gasteiger partial charge in [0, 0.05) is 12.6 Å². The number of hydrogen-bond acceptors (Lipinski definition) is 2. The summed E-state index contributed by atoms with van der Waals surface area (Å²) in [7, 11) is 0. The molecule has 0 aromatic heterocycles. The van der Waals surface area contributed by atoms with Crippen molar-refractivity contribution < 1.29 is 0 Å². The molecule has 74 valence electrons. The van der Waals surface area contributed by atoms with Gasteiger partial charge in [-0.05, 0) is 40.2 Å². The molecule has 0 amide bonds. The molecule has 1 saturated heterocycles. The number of nitrogens with zero attached hydrogens (tertiary/aromatic N) is 2. The van der Waals surface area contributed by atoms with Gasteiger partial charge in [0.1, 0.15) is 0 Å². The SMILES string of the molecule is CC(C)N1CCCCC(C)(C#N)C1. The van der Waals surface area contributed by atoms with Crippen LogP contribution in [0.4, 0.5) is 0 Å². The second-order valence-electron chi connectivity index (χ2n) is 4.69. The maximum absolute atomic E-state index is 9.10. The first-order valence-corrected chi connectivity index (χ1v) is 5.23. The fourth-order valence-corrected chi connectivity index (χ4v) is 1.97. The highest BCUT2D eigenvalue weighted by atomic mass is 15.2. The average Bonchev–Trinajstić information content (AvgIpc) is 2.28. The lowest BCUT2D eigenvalue weighted by atomic mass is 9.87. The van der Waals surface area contributed by atoms with Crippen molar-refractivity contribution in [1.29, 1.82) is 5.26 Å². The summed E-state index contributed by atoms with van der Waals surface area (Å²) in [6.45, 7) is 8.62. The molecule has 0 aromatic carbocycles. The zero-order chi connectivity index (χ0) is 9.90. The van der Waals surface area contributed by atoms with Crippen LogP contribution >= 0.6 is 0 Å².